The van der Waals surface area contributed by atoms with Gasteiger partial charge in [-0.25, -0.2) is 4.39 Å². The number of carbonyl (C=O) groups is 1. The largest absolute Gasteiger partial charge is 0.292 e. The molecule has 20 heavy (non-hydrogen) atoms. The molecule has 1 aromatic carbocycles. The topological polar surface area (TPSA) is 20.3 Å². The van der Waals surface area contributed by atoms with Crippen LogP contribution in [0.15, 0.2) is 18.2 Å². The van der Waals surface area contributed by atoms with Crippen LogP contribution in [-0.2, 0) is 0 Å². The summed E-state index contributed by atoms with van der Waals surface area (Å²) >= 11 is 0. The molecule has 1 heterocycles. The van der Waals surface area contributed by atoms with Crippen LogP contribution < -0.4 is 0 Å². The van der Waals surface area contributed by atoms with Crippen molar-refractivity contribution in [2.75, 3.05) is 13.1 Å². The maximum absolute atomic E-state index is 13.7. The lowest BCUT2D eigenvalue weighted by Crippen LogP contribution is -2.52. The molecule has 0 unspecified atom stereocenters. The van der Waals surface area contributed by atoms with E-state index in [4.69, 9.17) is 0 Å². The number of ketones is 1. The van der Waals surface area contributed by atoms with Crippen LogP contribution in [0.2, 0.25) is 0 Å². The van der Waals surface area contributed by atoms with Gasteiger partial charge in [0.2, 0.25) is 0 Å². The molecule has 110 valence electrons. The molecule has 2 rings (SSSR count). The molecule has 0 amide bonds. The fourth-order valence-electron chi connectivity index (χ4n) is 3.31. The number of likely N-dealkylation sites (tertiary alicyclic amines) is 1. The first-order valence-corrected chi connectivity index (χ1v) is 7.61. The summed E-state index contributed by atoms with van der Waals surface area (Å²) in [6.07, 6.45) is 3.85. The van der Waals surface area contributed by atoms with E-state index < -0.39 is 5.54 Å². The number of aryl methyl sites for hydroxylation is 1. The Hall–Kier alpha value is -1.22. The van der Waals surface area contributed by atoms with Gasteiger partial charge in [0, 0.05) is 5.56 Å². The number of hydrogen-bond acceptors (Lipinski definition) is 2. The maximum Gasteiger partial charge on any atom is 0.183 e. The van der Waals surface area contributed by atoms with Crippen LogP contribution in [0.4, 0.5) is 4.39 Å². The summed E-state index contributed by atoms with van der Waals surface area (Å²) in [5.41, 5.74) is 0.628. The van der Waals surface area contributed by atoms with Crippen molar-refractivity contribution in [3.8, 4) is 0 Å². The fourth-order valence-corrected chi connectivity index (χ4v) is 3.31. The van der Waals surface area contributed by atoms with E-state index in [2.05, 4.69) is 18.7 Å². The number of rotatable bonds is 5. The second kappa shape index (κ2) is 6.04. The molecule has 0 saturated carbocycles. The SMILES string of the molecule is CCC(CC)(C(=O)c1ccc(C)c(F)c1)N1CCCC1. The van der Waals surface area contributed by atoms with Gasteiger partial charge in [-0.2, -0.15) is 0 Å². The zero-order chi connectivity index (χ0) is 14.8. The fraction of sp³-hybridized carbons (Fsp3) is 0.588. The normalized spacial score (nSPS) is 16.6. The zero-order valence-corrected chi connectivity index (χ0v) is 12.7. The standard InChI is InChI=1S/C17H24FNO/c1-4-17(5-2,19-10-6-7-11-19)16(20)14-9-8-13(3)15(18)12-14/h8-9,12H,4-7,10-11H2,1-3H3. The highest BCUT2D eigenvalue weighted by Crippen LogP contribution is 2.32. The lowest BCUT2D eigenvalue weighted by molar-refractivity contribution is 0.0581. The van der Waals surface area contributed by atoms with Gasteiger partial charge in [-0.15, -0.1) is 0 Å². The quantitative estimate of drug-likeness (QED) is 0.759. The summed E-state index contributed by atoms with van der Waals surface area (Å²) in [5, 5.41) is 0. The molecule has 2 nitrogen and oxygen atoms in total. The minimum atomic E-state index is -0.460. The third kappa shape index (κ3) is 2.51. The first kappa shape index (κ1) is 15.2. The van der Waals surface area contributed by atoms with E-state index in [0.29, 0.717) is 11.1 Å². The van der Waals surface area contributed by atoms with Crippen molar-refractivity contribution in [1.29, 1.82) is 0 Å². The molecule has 1 aliphatic heterocycles. The van der Waals surface area contributed by atoms with Crippen LogP contribution in [0, 0.1) is 12.7 Å². The minimum Gasteiger partial charge on any atom is -0.292 e. The third-order valence-electron chi connectivity index (χ3n) is 4.74. The molecule has 1 aromatic rings. The van der Waals surface area contributed by atoms with E-state index in [9.17, 15) is 9.18 Å². The Bertz CT molecular complexity index is 488. The monoisotopic (exact) mass is 277 g/mol. The van der Waals surface area contributed by atoms with Crippen LogP contribution in [-0.4, -0.2) is 29.3 Å². The molecule has 0 N–H and O–H groups in total. The van der Waals surface area contributed by atoms with Crippen LogP contribution in [0.3, 0.4) is 0 Å². The highest BCUT2D eigenvalue weighted by molar-refractivity contribution is 6.03. The van der Waals surface area contributed by atoms with E-state index in [-0.39, 0.29) is 11.6 Å². The van der Waals surface area contributed by atoms with E-state index in [0.717, 1.165) is 38.8 Å². The van der Waals surface area contributed by atoms with Crippen molar-refractivity contribution < 1.29 is 9.18 Å². The Morgan fingerprint density at radius 3 is 2.35 bits per heavy atom. The third-order valence-corrected chi connectivity index (χ3v) is 4.74. The van der Waals surface area contributed by atoms with Gasteiger partial charge < -0.3 is 0 Å². The van der Waals surface area contributed by atoms with Crippen LogP contribution >= 0.6 is 0 Å². The average molecular weight is 277 g/mol. The number of benzene rings is 1. The summed E-state index contributed by atoms with van der Waals surface area (Å²) in [6.45, 7) is 7.79. The smallest absolute Gasteiger partial charge is 0.183 e. The van der Waals surface area contributed by atoms with E-state index in [1.807, 2.05) is 0 Å². The molecule has 0 aliphatic carbocycles. The van der Waals surface area contributed by atoms with Gasteiger partial charge in [-0.05, 0) is 57.3 Å². The number of hydrogen-bond donors (Lipinski definition) is 0. The Morgan fingerprint density at radius 1 is 1.25 bits per heavy atom. The van der Waals surface area contributed by atoms with Gasteiger partial charge >= 0.3 is 0 Å². The molecular weight excluding hydrogens is 253 g/mol. The predicted molar refractivity (Wildman–Crippen MR) is 79.6 cm³/mol. The van der Waals surface area contributed by atoms with Gasteiger partial charge in [0.25, 0.3) is 0 Å². The highest BCUT2D eigenvalue weighted by Gasteiger charge is 2.42. The van der Waals surface area contributed by atoms with Crippen LogP contribution in [0.25, 0.3) is 0 Å². The summed E-state index contributed by atoms with van der Waals surface area (Å²) in [4.78, 5) is 15.3. The van der Waals surface area contributed by atoms with Crippen molar-refractivity contribution in [2.24, 2.45) is 0 Å². The second-order valence-corrected chi connectivity index (χ2v) is 5.73. The van der Waals surface area contributed by atoms with Gasteiger partial charge in [0.05, 0.1) is 5.54 Å². The Morgan fingerprint density at radius 2 is 1.85 bits per heavy atom. The molecule has 0 atom stereocenters. The second-order valence-electron chi connectivity index (χ2n) is 5.73. The first-order valence-electron chi connectivity index (χ1n) is 7.61. The number of nitrogens with zero attached hydrogens (tertiary/aromatic N) is 1. The molecule has 1 fully saturated rings. The van der Waals surface area contributed by atoms with Crippen molar-refractivity contribution in [2.45, 2.75) is 52.0 Å². The summed E-state index contributed by atoms with van der Waals surface area (Å²) in [7, 11) is 0. The number of carbonyl (C=O) groups excluding carboxylic acids is 1. The molecule has 1 aliphatic rings. The molecule has 3 heteroatoms. The van der Waals surface area contributed by atoms with E-state index in [1.54, 1.807) is 19.1 Å². The number of Topliss-reactive ketones (excluding diaryl/α,β-unsaturated/α-hetero) is 1. The Balaban J connectivity index is 2.37. The van der Waals surface area contributed by atoms with Gasteiger partial charge in [0.15, 0.2) is 5.78 Å². The summed E-state index contributed by atoms with van der Waals surface area (Å²) in [5.74, 6) is -0.221. The number of halogens is 1. The lowest BCUT2D eigenvalue weighted by atomic mass is 9.82. The van der Waals surface area contributed by atoms with Crippen molar-refractivity contribution in [1.82, 2.24) is 4.90 Å². The summed E-state index contributed by atoms with van der Waals surface area (Å²) < 4.78 is 13.7. The van der Waals surface area contributed by atoms with Gasteiger partial charge in [-0.1, -0.05) is 26.0 Å². The molecule has 0 bridgehead atoms. The van der Waals surface area contributed by atoms with E-state index >= 15 is 0 Å². The minimum absolute atomic E-state index is 0.0725. The van der Waals surface area contributed by atoms with Crippen molar-refractivity contribution >= 4 is 5.78 Å². The van der Waals surface area contributed by atoms with Crippen LogP contribution in [0.1, 0.15) is 55.5 Å². The van der Waals surface area contributed by atoms with E-state index in [1.165, 1.54) is 6.07 Å². The molecule has 0 spiro atoms. The van der Waals surface area contributed by atoms with Crippen molar-refractivity contribution in [3.63, 3.8) is 0 Å². The molecule has 1 saturated heterocycles. The predicted octanol–water partition coefficient (Wildman–Crippen LogP) is 3.97. The maximum atomic E-state index is 13.7. The lowest BCUT2D eigenvalue weighted by Gasteiger charge is -2.39. The van der Waals surface area contributed by atoms with Gasteiger partial charge in [0.1, 0.15) is 5.82 Å². The Labute approximate surface area is 121 Å². The highest BCUT2D eigenvalue weighted by atomic mass is 19.1. The molecular formula is C17H24FNO. The zero-order valence-electron chi connectivity index (χ0n) is 12.7. The van der Waals surface area contributed by atoms with Crippen LogP contribution in [0.5, 0.6) is 0 Å². The Kier molecular flexibility index (Phi) is 4.59. The van der Waals surface area contributed by atoms with Gasteiger partial charge in [-0.3, -0.25) is 9.69 Å². The summed E-state index contributed by atoms with van der Waals surface area (Å²) in [6, 6.07) is 4.85. The average Bonchev–Trinajstić information content (AvgIpc) is 2.98. The first-order chi connectivity index (χ1) is 9.55. The molecule has 0 aromatic heterocycles. The van der Waals surface area contributed by atoms with Crippen molar-refractivity contribution in [3.05, 3.63) is 35.1 Å². The molecule has 0 radical (unpaired) electrons.